The second-order valence-corrected chi connectivity index (χ2v) is 8.15. The zero-order valence-corrected chi connectivity index (χ0v) is 12.1. The molecule has 1 aliphatic rings. The van der Waals surface area contributed by atoms with E-state index >= 15 is 0 Å². The van der Waals surface area contributed by atoms with Crippen molar-refractivity contribution in [1.29, 1.82) is 0 Å². The van der Waals surface area contributed by atoms with Gasteiger partial charge in [-0.2, -0.15) is 4.74 Å². The van der Waals surface area contributed by atoms with E-state index in [-0.39, 0.29) is 5.17 Å². The highest BCUT2D eigenvalue weighted by Crippen LogP contribution is 2.65. The molecule has 1 aliphatic heterocycles. The lowest BCUT2D eigenvalue weighted by molar-refractivity contribution is 0.379. The summed E-state index contributed by atoms with van der Waals surface area (Å²) in [6.45, 7) is 5.48. The Kier molecular flexibility index (Phi) is 4.82. The van der Waals surface area contributed by atoms with E-state index in [9.17, 15) is 0 Å². The summed E-state index contributed by atoms with van der Waals surface area (Å²) in [6, 6.07) is 0. The van der Waals surface area contributed by atoms with Gasteiger partial charge < -0.3 is 4.90 Å². The Hall–Kier alpha value is 0.600. The zero-order chi connectivity index (χ0) is 11.6. The van der Waals surface area contributed by atoms with E-state index in [0.29, 0.717) is 10.9 Å². The molecule has 0 atom stereocenters. The normalized spacial score (nSPS) is 19.7. The van der Waals surface area contributed by atoms with Gasteiger partial charge in [-0.15, -0.1) is 0 Å². The van der Waals surface area contributed by atoms with Crippen molar-refractivity contribution in [1.82, 2.24) is 4.90 Å². The van der Waals surface area contributed by atoms with Crippen molar-refractivity contribution in [3.05, 3.63) is 10.9 Å². The lowest BCUT2D eigenvalue weighted by atomic mass is 10.4. The van der Waals surface area contributed by atoms with Gasteiger partial charge in [0.1, 0.15) is 5.03 Å². The molecule has 0 fully saturated rings. The Morgan fingerprint density at radius 3 is 2.20 bits per heavy atom. The number of halogens is 4. The molecule has 86 valence electrons. The summed E-state index contributed by atoms with van der Waals surface area (Å²) in [5.74, 6) is -2.20. The molecule has 1 heterocycles. The lowest BCUT2D eigenvalue weighted by Gasteiger charge is -2.25. The third-order valence-corrected chi connectivity index (χ3v) is 4.48. The third-order valence-electron chi connectivity index (χ3n) is 1.86. The van der Waals surface area contributed by atoms with Crippen molar-refractivity contribution >= 4 is 56.8 Å². The minimum atomic E-state index is -2.73. The second-order valence-electron chi connectivity index (χ2n) is 2.76. The van der Waals surface area contributed by atoms with Crippen LogP contribution in [0.1, 0.15) is 13.8 Å². The summed E-state index contributed by atoms with van der Waals surface area (Å²) in [5, 5.41) is 0.434. The van der Waals surface area contributed by atoms with Crippen molar-refractivity contribution in [2.24, 2.45) is 9.51 Å². The van der Waals surface area contributed by atoms with E-state index in [4.69, 9.17) is 45.7 Å². The summed E-state index contributed by atoms with van der Waals surface area (Å²) in [4.78, 5) is 1.93. The zero-order valence-electron chi connectivity index (χ0n) is 8.21. The summed E-state index contributed by atoms with van der Waals surface area (Å²) < 4.78 is 7.97. The molecule has 0 radical (unpaired) electrons. The topological polar surface area (TPSA) is 28.0 Å². The Bertz CT molecular complexity index is 366. The van der Waals surface area contributed by atoms with Gasteiger partial charge in [-0.3, -0.25) is 0 Å². The molecule has 0 aliphatic carbocycles. The van der Waals surface area contributed by atoms with Crippen molar-refractivity contribution in [3.8, 4) is 0 Å². The number of hydrogen-bond acceptors (Lipinski definition) is 3. The molecular formula is C7H10Cl4N3P. The summed E-state index contributed by atoms with van der Waals surface area (Å²) in [6.07, 6.45) is 0. The first-order valence-corrected chi connectivity index (χ1v) is 8.59. The molecular weight excluding hydrogens is 299 g/mol. The second kappa shape index (κ2) is 5.29. The van der Waals surface area contributed by atoms with E-state index < -0.39 is 5.91 Å². The summed E-state index contributed by atoms with van der Waals surface area (Å²) in [5.41, 5.74) is 0. The van der Waals surface area contributed by atoms with Crippen molar-refractivity contribution in [3.63, 3.8) is 0 Å². The molecule has 0 saturated carbocycles. The van der Waals surface area contributed by atoms with Gasteiger partial charge in [0.2, 0.25) is 0 Å². The van der Waals surface area contributed by atoms with E-state index in [1.165, 1.54) is 0 Å². The Labute approximate surface area is 109 Å². The number of hydrogen-bond donors (Lipinski definition) is 0. The standard InChI is InChI=1S/C7H10Cl4N3P/c1-3-14(4-2)7-5(8)6(9)12-15(10,11)13-7/h3-4H2,1-2H3. The molecule has 0 unspecified atom stereocenters. The van der Waals surface area contributed by atoms with Crippen LogP contribution in [0.25, 0.3) is 0 Å². The molecule has 0 amide bonds. The highest BCUT2D eigenvalue weighted by atomic mass is 35.9. The number of rotatable bonds is 3. The van der Waals surface area contributed by atoms with Gasteiger partial charge in [0, 0.05) is 13.1 Å². The molecule has 15 heavy (non-hydrogen) atoms. The SMILES string of the molecule is CCN(CC)C1=C(Cl)C(Cl)=NP(Cl)(Cl)=N1. The van der Waals surface area contributed by atoms with E-state index in [1.807, 2.05) is 18.7 Å². The lowest BCUT2D eigenvalue weighted by Crippen LogP contribution is -2.23. The average Bonchev–Trinajstić information content (AvgIpc) is 2.14. The maximum atomic E-state index is 5.99. The monoisotopic (exact) mass is 307 g/mol. The van der Waals surface area contributed by atoms with Crippen molar-refractivity contribution in [2.45, 2.75) is 13.8 Å². The van der Waals surface area contributed by atoms with Crippen LogP contribution in [0.3, 0.4) is 0 Å². The van der Waals surface area contributed by atoms with E-state index in [2.05, 4.69) is 9.51 Å². The van der Waals surface area contributed by atoms with Gasteiger partial charge in [-0.05, 0) is 36.3 Å². The van der Waals surface area contributed by atoms with Crippen LogP contribution in [0.15, 0.2) is 20.4 Å². The van der Waals surface area contributed by atoms with Gasteiger partial charge in [0.05, 0.1) is 0 Å². The molecule has 0 aromatic carbocycles. The van der Waals surface area contributed by atoms with Gasteiger partial charge in [-0.1, -0.05) is 23.2 Å². The van der Waals surface area contributed by atoms with Crippen molar-refractivity contribution < 1.29 is 0 Å². The van der Waals surface area contributed by atoms with Crippen molar-refractivity contribution in [2.75, 3.05) is 13.1 Å². The molecule has 0 spiro atoms. The maximum Gasteiger partial charge on any atom is 0.256 e. The quantitative estimate of drug-likeness (QED) is 0.687. The van der Waals surface area contributed by atoms with Crippen LogP contribution < -0.4 is 0 Å². The highest BCUT2D eigenvalue weighted by molar-refractivity contribution is 8.09. The summed E-state index contributed by atoms with van der Waals surface area (Å²) >= 11 is 23.6. The molecule has 3 nitrogen and oxygen atoms in total. The van der Waals surface area contributed by atoms with E-state index in [0.717, 1.165) is 13.1 Å². The molecule has 0 bridgehead atoms. The highest BCUT2D eigenvalue weighted by Gasteiger charge is 2.25. The smallest absolute Gasteiger partial charge is 0.256 e. The fourth-order valence-electron chi connectivity index (χ4n) is 1.15. The Morgan fingerprint density at radius 1 is 1.20 bits per heavy atom. The molecule has 0 aromatic heterocycles. The number of nitrogens with zero attached hydrogens (tertiary/aromatic N) is 3. The Balaban J connectivity index is 3.23. The fraction of sp³-hybridized carbons (Fsp3) is 0.571. The minimum Gasteiger partial charge on any atom is -0.356 e. The fourth-order valence-corrected chi connectivity index (χ4v) is 3.81. The predicted octanol–water partition coefficient (Wildman–Crippen LogP) is 4.81. The Morgan fingerprint density at radius 2 is 1.73 bits per heavy atom. The van der Waals surface area contributed by atoms with Crippen LogP contribution in [0.4, 0.5) is 0 Å². The maximum absolute atomic E-state index is 5.99. The third kappa shape index (κ3) is 3.28. The largest absolute Gasteiger partial charge is 0.356 e. The minimum absolute atomic E-state index is 0.131. The average molecular weight is 309 g/mol. The van der Waals surface area contributed by atoms with Gasteiger partial charge in [-0.25, -0.2) is 4.76 Å². The van der Waals surface area contributed by atoms with Crippen LogP contribution in [0, 0.1) is 0 Å². The first kappa shape index (κ1) is 13.7. The van der Waals surface area contributed by atoms with Gasteiger partial charge >= 0.3 is 0 Å². The van der Waals surface area contributed by atoms with Crippen LogP contribution in [-0.2, 0) is 0 Å². The molecule has 1 rings (SSSR count). The molecule has 0 N–H and O–H groups in total. The number of allylic oxidation sites excluding steroid dienone is 1. The van der Waals surface area contributed by atoms with E-state index in [1.54, 1.807) is 0 Å². The summed E-state index contributed by atoms with van der Waals surface area (Å²) in [7, 11) is 0. The molecule has 0 saturated heterocycles. The van der Waals surface area contributed by atoms with Crippen LogP contribution in [0.2, 0.25) is 0 Å². The molecule has 8 heteroatoms. The van der Waals surface area contributed by atoms with Crippen LogP contribution in [-0.4, -0.2) is 23.2 Å². The first-order valence-electron chi connectivity index (χ1n) is 4.33. The van der Waals surface area contributed by atoms with Gasteiger partial charge in [0.15, 0.2) is 11.0 Å². The van der Waals surface area contributed by atoms with Crippen LogP contribution in [0.5, 0.6) is 0 Å². The molecule has 0 aromatic rings. The van der Waals surface area contributed by atoms with Gasteiger partial charge in [0.25, 0.3) is 5.91 Å². The predicted molar refractivity (Wildman–Crippen MR) is 70.1 cm³/mol. The van der Waals surface area contributed by atoms with Crippen LogP contribution >= 0.6 is 51.6 Å². The first-order chi connectivity index (χ1) is 6.91.